The fourth-order valence-corrected chi connectivity index (χ4v) is 0. The third-order valence-corrected chi connectivity index (χ3v) is 0. The van der Waals surface area contributed by atoms with E-state index in [-0.39, 0.29) is 138 Å². The summed E-state index contributed by atoms with van der Waals surface area (Å²) in [6.07, 6.45) is 0. The summed E-state index contributed by atoms with van der Waals surface area (Å²) >= 11 is 0. The molecule has 0 saturated carbocycles. The SMILES string of the molecule is [Al+3].[Al+3].[Cl-].[Cl-].[Cl-].[H-].[H-].[H-].[H-].[H-].[Na+].[Na+]. The Morgan fingerprint density at radius 2 is 0.571 bits per heavy atom. The summed E-state index contributed by atoms with van der Waals surface area (Å²) in [6, 6.07) is 0. The Bertz CT molecular complexity index is 22.7. The molecule has 0 saturated heterocycles. The van der Waals surface area contributed by atoms with E-state index in [2.05, 4.69) is 0 Å². The minimum Gasteiger partial charge on any atom is -1.00 e. The van der Waals surface area contributed by atoms with Crippen LogP contribution in [0, 0.1) is 0 Å². The van der Waals surface area contributed by atoms with Crippen molar-refractivity contribution in [2.75, 3.05) is 0 Å². The fraction of sp³-hybridized carbons (Fsp3) is 0. The van der Waals surface area contributed by atoms with E-state index >= 15 is 0 Å². The van der Waals surface area contributed by atoms with Crippen molar-refractivity contribution in [1.82, 2.24) is 0 Å². The van der Waals surface area contributed by atoms with Crippen molar-refractivity contribution in [3.05, 3.63) is 0 Å². The van der Waals surface area contributed by atoms with Crippen LogP contribution >= 0.6 is 0 Å². The molecule has 0 aliphatic rings. The molecule has 0 amide bonds. The van der Waals surface area contributed by atoms with E-state index in [0.29, 0.717) is 0 Å². The third-order valence-electron chi connectivity index (χ3n) is 0. The van der Waals surface area contributed by atoms with Crippen molar-refractivity contribution in [1.29, 1.82) is 0 Å². The minimum absolute atomic E-state index is 0. The summed E-state index contributed by atoms with van der Waals surface area (Å²) in [6.45, 7) is 0. The second-order valence-corrected chi connectivity index (χ2v) is 0. The second-order valence-electron chi connectivity index (χ2n) is 0. The van der Waals surface area contributed by atoms with Gasteiger partial charge >= 0.3 is 93.8 Å². The van der Waals surface area contributed by atoms with Gasteiger partial charge in [-0.2, -0.15) is 0 Å². The first kappa shape index (κ1) is 69.7. The molecule has 0 bridgehead atoms. The van der Waals surface area contributed by atoms with E-state index < -0.39 is 0 Å². The Morgan fingerprint density at radius 1 is 0.571 bits per heavy atom. The second kappa shape index (κ2) is 51.2. The van der Waals surface area contributed by atoms with Crippen LogP contribution in [0.3, 0.4) is 0 Å². The zero-order valence-electron chi connectivity index (χ0n) is 9.29. The van der Waals surface area contributed by atoms with Gasteiger partial charge < -0.3 is 44.4 Å². The smallest absolute Gasteiger partial charge is 1.00 e. The summed E-state index contributed by atoms with van der Waals surface area (Å²) in [5.41, 5.74) is 0. The zero-order chi connectivity index (χ0) is 0. The van der Waals surface area contributed by atoms with Gasteiger partial charge in [0.2, 0.25) is 0 Å². The van der Waals surface area contributed by atoms with E-state index in [1.807, 2.05) is 0 Å². The molecule has 0 spiro atoms. The van der Waals surface area contributed by atoms with Gasteiger partial charge in [-0.3, -0.25) is 0 Å². The summed E-state index contributed by atoms with van der Waals surface area (Å²) < 4.78 is 0. The molecule has 0 aromatic heterocycles. The predicted molar refractivity (Wildman–Crippen MR) is 17.1 cm³/mol. The predicted octanol–water partition coefficient (Wildman–Crippen LogP) is -15.2. The van der Waals surface area contributed by atoms with Crippen LogP contribution in [0.15, 0.2) is 0 Å². The molecule has 0 atom stereocenters. The first-order valence-electron chi connectivity index (χ1n) is 0. The van der Waals surface area contributed by atoms with Crippen molar-refractivity contribution in [3.8, 4) is 0 Å². The van der Waals surface area contributed by atoms with Crippen molar-refractivity contribution in [2.24, 2.45) is 0 Å². The largest absolute Gasteiger partial charge is 3.00 e. The maximum Gasteiger partial charge on any atom is 3.00 e. The Hall–Kier alpha value is 3.93. The molecule has 0 heterocycles. The van der Waals surface area contributed by atoms with Gasteiger partial charge in [0, 0.05) is 0 Å². The van der Waals surface area contributed by atoms with E-state index in [1.54, 1.807) is 0 Å². The molecular formula is H5Al2Cl3Na2. The molecule has 0 rings (SSSR count). The van der Waals surface area contributed by atoms with Crippen molar-refractivity contribution in [3.63, 3.8) is 0 Å². The number of rotatable bonds is 0. The van der Waals surface area contributed by atoms with Gasteiger partial charge in [-0.05, 0) is 0 Å². The van der Waals surface area contributed by atoms with Crippen LogP contribution in [0.1, 0.15) is 7.13 Å². The van der Waals surface area contributed by atoms with Gasteiger partial charge in [-0.1, -0.05) is 0 Å². The molecule has 0 aliphatic carbocycles. The van der Waals surface area contributed by atoms with E-state index in [9.17, 15) is 0 Å². The average molecular weight is 211 g/mol. The molecule has 0 N–H and O–H groups in total. The van der Waals surface area contributed by atoms with E-state index in [4.69, 9.17) is 0 Å². The molecular weight excluding hydrogens is 206 g/mol. The summed E-state index contributed by atoms with van der Waals surface area (Å²) in [4.78, 5) is 0. The molecule has 7 heavy (non-hydrogen) atoms. The normalized spacial score (nSPS) is 0. The van der Waals surface area contributed by atoms with Gasteiger partial charge in [0.15, 0.2) is 0 Å². The molecule has 0 unspecified atom stereocenters. The van der Waals surface area contributed by atoms with Crippen molar-refractivity contribution < 1.29 is 103 Å². The maximum absolute atomic E-state index is 0. The van der Waals surface area contributed by atoms with Gasteiger partial charge in [-0.25, -0.2) is 0 Å². The van der Waals surface area contributed by atoms with Crippen molar-refractivity contribution >= 4 is 34.7 Å². The molecule has 34 valence electrons. The molecule has 0 aromatic rings. The van der Waals surface area contributed by atoms with E-state index in [1.165, 1.54) is 0 Å². The maximum atomic E-state index is 0. The Kier molecular flexibility index (Phi) is 510. The first-order chi connectivity index (χ1) is 0. The van der Waals surface area contributed by atoms with Crippen LogP contribution in [-0.2, 0) is 0 Å². The Balaban J connectivity index is 0. The van der Waals surface area contributed by atoms with E-state index in [0.717, 1.165) is 0 Å². The molecule has 0 aliphatic heterocycles. The molecule has 0 radical (unpaired) electrons. The van der Waals surface area contributed by atoms with Crippen LogP contribution < -0.4 is 96.3 Å². The van der Waals surface area contributed by atoms with Crippen LogP contribution in [0.2, 0.25) is 0 Å². The number of hydrogen-bond acceptors (Lipinski definition) is 0. The number of halogens is 3. The molecule has 0 nitrogen and oxygen atoms in total. The van der Waals surface area contributed by atoms with Crippen LogP contribution in [0.25, 0.3) is 0 Å². The van der Waals surface area contributed by atoms with Gasteiger partial charge in [0.25, 0.3) is 0 Å². The first-order valence-corrected chi connectivity index (χ1v) is 0. The standard InChI is InChI=1S/2Al.3ClH.2Na.5H/h;;3*1H;;;;;;;/q2*+3;;;;2*+1;5*-1/p-3. The van der Waals surface area contributed by atoms with Crippen LogP contribution in [-0.4, -0.2) is 34.7 Å². The third kappa shape index (κ3) is 40.4. The molecule has 0 fully saturated rings. The zero-order valence-corrected chi connectivity index (χ0v) is 12.9. The molecule has 7 heteroatoms. The monoisotopic (exact) mass is 210 g/mol. The van der Waals surface area contributed by atoms with Gasteiger partial charge in [0.05, 0.1) is 0 Å². The Morgan fingerprint density at radius 3 is 0.571 bits per heavy atom. The van der Waals surface area contributed by atoms with Crippen LogP contribution in [0.5, 0.6) is 0 Å². The minimum atomic E-state index is 0. The quantitative estimate of drug-likeness (QED) is 0.349. The Labute approximate surface area is 136 Å². The number of hydrogen-bond donors (Lipinski definition) is 0. The average Bonchev–Trinajstić information content (AvgIpc) is 0. The van der Waals surface area contributed by atoms with Crippen molar-refractivity contribution in [2.45, 2.75) is 0 Å². The topological polar surface area (TPSA) is 0 Å². The van der Waals surface area contributed by atoms with Crippen LogP contribution in [0.4, 0.5) is 0 Å². The van der Waals surface area contributed by atoms with Gasteiger partial charge in [-0.15, -0.1) is 0 Å². The summed E-state index contributed by atoms with van der Waals surface area (Å²) in [7, 11) is 0. The fourth-order valence-electron chi connectivity index (χ4n) is 0. The van der Waals surface area contributed by atoms with Gasteiger partial charge in [0.1, 0.15) is 0 Å². The summed E-state index contributed by atoms with van der Waals surface area (Å²) in [5.74, 6) is 0. The summed E-state index contributed by atoms with van der Waals surface area (Å²) in [5, 5.41) is 0. The molecule has 0 aromatic carbocycles.